The monoisotopic (exact) mass is 986 g/mol. The molecule has 2 saturated heterocycles. The number of ether oxygens (including phenoxy) is 4. The highest BCUT2D eigenvalue weighted by Gasteiger charge is 2.51. The van der Waals surface area contributed by atoms with Gasteiger partial charge in [0.25, 0.3) is 0 Å². The molecule has 14 heteroatoms. The lowest BCUT2D eigenvalue weighted by molar-refractivity contribution is -0.359. The van der Waals surface area contributed by atoms with Crippen molar-refractivity contribution in [3.8, 4) is 0 Å². The van der Waals surface area contributed by atoms with Crippen molar-refractivity contribution < 1.29 is 64.6 Å². The number of rotatable bonds is 44. The average Bonchev–Trinajstić information content (AvgIpc) is 3.35. The molecule has 2 rings (SSSR count). The summed E-state index contributed by atoms with van der Waals surface area (Å²) >= 11 is 0. The molecular formula is C55H103NO13. The summed E-state index contributed by atoms with van der Waals surface area (Å²) in [4.78, 5) is 13.2. The van der Waals surface area contributed by atoms with Gasteiger partial charge in [-0.05, 0) is 38.5 Å². The number of aliphatic hydroxyl groups excluding tert-OH is 8. The van der Waals surface area contributed by atoms with E-state index in [0.717, 1.165) is 70.6 Å². The van der Waals surface area contributed by atoms with Crippen LogP contribution in [0.4, 0.5) is 0 Å². The lowest BCUT2D eigenvalue weighted by atomic mass is 9.97. The minimum absolute atomic E-state index is 0.220. The molecule has 2 aliphatic rings. The molecule has 12 atom stereocenters. The van der Waals surface area contributed by atoms with E-state index in [1.165, 1.54) is 122 Å². The summed E-state index contributed by atoms with van der Waals surface area (Å²) in [5.41, 5.74) is 0. The third kappa shape index (κ3) is 28.5. The van der Waals surface area contributed by atoms with E-state index in [9.17, 15) is 45.6 Å². The number of aliphatic hydroxyl groups is 8. The molecule has 0 bridgehead atoms. The van der Waals surface area contributed by atoms with Crippen molar-refractivity contribution in [3.05, 3.63) is 24.3 Å². The van der Waals surface area contributed by atoms with Crippen molar-refractivity contribution in [1.29, 1.82) is 0 Å². The van der Waals surface area contributed by atoms with Gasteiger partial charge in [0, 0.05) is 6.42 Å². The minimum atomic E-state index is -1.78. The van der Waals surface area contributed by atoms with Gasteiger partial charge in [0.1, 0.15) is 48.8 Å². The molecule has 0 saturated carbocycles. The van der Waals surface area contributed by atoms with Gasteiger partial charge in [-0.1, -0.05) is 205 Å². The van der Waals surface area contributed by atoms with Crippen LogP contribution in [0, 0.1) is 0 Å². The second-order valence-electron chi connectivity index (χ2n) is 20.1. The molecule has 9 N–H and O–H groups in total. The standard InChI is InChI=1S/C55H103NO13/c1-3-5-7-9-11-13-15-17-19-20-21-22-23-24-25-26-28-30-32-34-36-38-44(59)43(56-47(60)39-37-35-33-31-29-27-18-16-14-12-10-8-6-4-2)42-66-54-52(65)50(63)53(46(41-58)68-54)69-55-51(64)49(62)48(61)45(40-57)67-55/h10,12,16,18,43-46,48-55,57-59,61-65H,3-9,11,13-15,17,19-42H2,1-2H3,(H,56,60)/b12-10-,18-16-. The molecule has 0 spiro atoms. The molecule has 406 valence electrons. The van der Waals surface area contributed by atoms with Crippen molar-refractivity contribution in [2.75, 3.05) is 19.8 Å². The second kappa shape index (κ2) is 41.9. The highest BCUT2D eigenvalue weighted by molar-refractivity contribution is 5.76. The SMILES string of the molecule is CCCC/C=C\C/C=C\CCCCCCCC(=O)NC(COC1OC(CO)C(OC2OC(CO)C(O)C(O)C2O)C(O)C1O)C(O)CCCCCCCCCCCCCCCCCCCCCCC. The fourth-order valence-electron chi connectivity index (χ4n) is 9.31. The Morgan fingerprint density at radius 3 is 1.49 bits per heavy atom. The Labute approximate surface area is 418 Å². The van der Waals surface area contributed by atoms with Crippen molar-refractivity contribution in [2.45, 2.75) is 299 Å². The summed E-state index contributed by atoms with van der Waals surface area (Å²) in [5, 5.41) is 87.1. The van der Waals surface area contributed by atoms with E-state index >= 15 is 0 Å². The maximum Gasteiger partial charge on any atom is 0.220 e. The number of carbonyl (C=O) groups is 1. The van der Waals surface area contributed by atoms with Crippen LogP contribution in [-0.2, 0) is 23.7 Å². The molecule has 0 aliphatic carbocycles. The molecular weight excluding hydrogens is 883 g/mol. The van der Waals surface area contributed by atoms with Crippen LogP contribution < -0.4 is 5.32 Å². The first-order chi connectivity index (χ1) is 33.6. The average molecular weight is 986 g/mol. The molecule has 69 heavy (non-hydrogen) atoms. The quantitative estimate of drug-likeness (QED) is 0.0206. The number of hydrogen-bond donors (Lipinski definition) is 9. The zero-order valence-corrected chi connectivity index (χ0v) is 43.3. The Hall–Kier alpha value is -1.53. The van der Waals surface area contributed by atoms with Crippen molar-refractivity contribution >= 4 is 5.91 Å². The number of unbranched alkanes of at least 4 members (excludes halogenated alkanes) is 27. The lowest BCUT2D eigenvalue weighted by Crippen LogP contribution is -2.65. The van der Waals surface area contributed by atoms with Crippen LogP contribution >= 0.6 is 0 Å². The summed E-state index contributed by atoms with van der Waals surface area (Å²) < 4.78 is 22.8. The highest BCUT2D eigenvalue weighted by atomic mass is 16.7. The van der Waals surface area contributed by atoms with Crippen LogP contribution in [0.1, 0.15) is 226 Å². The van der Waals surface area contributed by atoms with Crippen molar-refractivity contribution in [3.63, 3.8) is 0 Å². The predicted octanol–water partition coefficient (Wildman–Crippen LogP) is 8.50. The van der Waals surface area contributed by atoms with Crippen LogP contribution in [0.15, 0.2) is 24.3 Å². The zero-order valence-electron chi connectivity index (χ0n) is 43.3. The van der Waals surface area contributed by atoms with Gasteiger partial charge in [-0.15, -0.1) is 0 Å². The van der Waals surface area contributed by atoms with Crippen molar-refractivity contribution in [2.24, 2.45) is 0 Å². The summed E-state index contributed by atoms with van der Waals surface area (Å²) in [6.45, 7) is 2.82. The predicted molar refractivity (Wildman–Crippen MR) is 272 cm³/mol. The zero-order chi connectivity index (χ0) is 50.3. The van der Waals surface area contributed by atoms with Gasteiger partial charge >= 0.3 is 0 Å². The third-order valence-corrected chi connectivity index (χ3v) is 13.9. The van der Waals surface area contributed by atoms with Crippen LogP contribution in [0.25, 0.3) is 0 Å². The fourth-order valence-corrected chi connectivity index (χ4v) is 9.31. The van der Waals surface area contributed by atoms with Crippen LogP contribution in [0.5, 0.6) is 0 Å². The molecule has 0 radical (unpaired) electrons. The van der Waals surface area contributed by atoms with E-state index in [1.807, 2.05) is 0 Å². The van der Waals surface area contributed by atoms with E-state index < -0.39 is 86.8 Å². The normalized spacial score (nSPS) is 26.3. The molecule has 0 aromatic rings. The number of nitrogens with one attached hydrogen (secondary N) is 1. The minimum Gasteiger partial charge on any atom is -0.394 e. The van der Waals surface area contributed by atoms with Crippen LogP contribution in [-0.4, -0.2) is 140 Å². The molecule has 1 amide bonds. The molecule has 0 aromatic carbocycles. The lowest BCUT2D eigenvalue weighted by Gasteiger charge is -2.46. The first kappa shape index (κ1) is 63.6. The van der Waals surface area contributed by atoms with Gasteiger partial charge < -0.3 is 65.1 Å². The first-order valence-electron chi connectivity index (χ1n) is 28.1. The van der Waals surface area contributed by atoms with Crippen LogP contribution in [0.3, 0.4) is 0 Å². The maximum absolute atomic E-state index is 13.2. The van der Waals surface area contributed by atoms with E-state index in [4.69, 9.17) is 18.9 Å². The molecule has 14 nitrogen and oxygen atoms in total. The Morgan fingerprint density at radius 2 is 0.971 bits per heavy atom. The maximum atomic E-state index is 13.2. The van der Waals surface area contributed by atoms with E-state index in [1.54, 1.807) is 0 Å². The Balaban J connectivity index is 1.78. The summed E-state index contributed by atoms with van der Waals surface area (Å²) in [6.07, 6.45) is 30.3. The first-order valence-corrected chi connectivity index (χ1v) is 28.1. The van der Waals surface area contributed by atoms with Crippen molar-refractivity contribution in [1.82, 2.24) is 5.32 Å². The Kier molecular flexibility index (Phi) is 38.6. The number of carbonyl (C=O) groups excluding carboxylic acids is 1. The largest absolute Gasteiger partial charge is 0.394 e. The van der Waals surface area contributed by atoms with Gasteiger partial charge in [-0.2, -0.15) is 0 Å². The van der Waals surface area contributed by atoms with Gasteiger partial charge in [-0.25, -0.2) is 0 Å². The Morgan fingerprint density at radius 1 is 0.522 bits per heavy atom. The van der Waals surface area contributed by atoms with E-state index in [-0.39, 0.29) is 18.9 Å². The summed E-state index contributed by atoms with van der Waals surface area (Å²) in [7, 11) is 0. The van der Waals surface area contributed by atoms with Gasteiger partial charge in [0.15, 0.2) is 12.6 Å². The van der Waals surface area contributed by atoms with E-state index in [0.29, 0.717) is 12.8 Å². The molecule has 12 unspecified atom stereocenters. The third-order valence-electron chi connectivity index (χ3n) is 13.9. The number of allylic oxidation sites excluding steroid dienone is 4. The molecule has 2 fully saturated rings. The summed E-state index contributed by atoms with van der Waals surface area (Å²) in [5.74, 6) is -0.220. The van der Waals surface area contributed by atoms with Gasteiger partial charge in [0.2, 0.25) is 5.91 Å². The fraction of sp³-hybridized carbons (Fsp3) is 0.909. The number of amides is 1. The second-order valence-corrected chi connectivity index (χ2v) is 20.1. The Bertz CT molecular complexity index is 1260. The van der Waals surface area contributed by atoms with Gasteiger partial charge in [0.05, 0.1) is 32.0 Å². The van der Waals surface area contributed by atoms with Gasteiger partial charge in [-0.3, -0.25) is 4.79 Å². The topological polar surface area (TPSA) is 228 Å². The smallest absolute Gasteiger partial charge is 0.220 e. The molecule has 2 heterocycles. The van der Waals surface area contributed by atoms with Crippen LogP contribution in [0.2, 0.25) is 0 Å². The summed E-state index contributed by atoms with van der Waals surface area (Å²) in [6, 6.07) is -0.834. The van der Waals surface area contributed by atoms with E-state index in [2.05, 4.69) is 43.5 Å². The highest BCUT2D eigenvalue weighted by Crippen LogP contribution is 2.30. The molecule has 0 aromatic heterocycles. The molecule has 2 aliphatic heterocycles. The number of hydrogen-bond acceptors (Lipinski definition) is 13.